The number of carbonyl (C=O) groups is 1. The minimum atomic E-state index is -3.89. The van der Waals surface area contributed by atoms with Gasteiger partial charge in [-0.15, -0.1) is 0 Å². The Morgan fingerprint density at radius 3 is 2.68 bits per heavy atom. The predicted octanol–water partition coefficient (Wildman–Crippen LogP) is 0.639. The summed E-state index contributed by atoms with van der Waals surface area (Å²) < 4.78 is 43.5. The van der Waals surface area contributed by atoms with Crippen molar-refractivity contribution in [2.45, 2.75) is 18.2 Å². The van der Waals surface area contributed by atoms with Crippen molar-refractivity contribution in [1.82, 2.24) is 4.72 Å². The quantitative estimate of drug-likeness (QED) is 0.591. The Bertz CT molecular complexity index is 540. The highest BCUT2D eigenvalue weighted by atomic mass is 32.2. The first kappa shape index (κ1) is 15.4. The van der Waals surface area contributed by atoms with E-state index in [4.69, 9.17) is 5.73 Å². The molecule has 0 bridgehead atoms. The third-order valence-electron chi connectivity index (χ3n) is 2.13. The van der Waals surface area contributed by atoms with Gasteiger partial charge >= 0.3 is 5.97 Å². The van der Waals surface area contributed by atoms with Gasteiger partial charge in [-0.1, -0.05) is 0 Å². The van der Waals surface area contributed by atoms with E-state index in [-0.39, 0.29) is 30.2 Å². The van der Waals surface area contributed by atoms with Crippen LogP contribution in [0.4, 0.5) is 10.1 Å². The second kappa shape index (κ2) is 6.48. The van der Waals surface area contributed by atoms with Crippen LogP contribution in [0.25, 0.3) is 0 Å². The maximum absolute atomic E-state index is 13.1. The number of nitrogen functional groups attached to an aromatic ring is 1. The van der Waals surface area contributed by atoms with Crippen molar-refractivity contribution in [2.24, 2.45) is 0 Å². The Morgan fingerprint density at radius 1 is 1.42 bits per heavy atom. The van der Waals surface area contributed by atoms with Crippen LogP contribution in [0, 0.1) is 5.82 Å². The van der Waals surface area contributed by atoms with Crippen LogP contribution in [0.1, 0.15) is 13.3 Å². The average molecular weight is 290 g/mol. The number of halogens is 1. The summed E-state index contributed by atoms with van der Waals surface area (Å²) >= 11 is 0. The zero-order valence-electron chi connectivity index (χ0n) is 10.3. The Labute approximate surface area is 110 Å². The summed E-state index contributed by atoms with van der Waals surface area (Å²) in [6.45, 7) is 1.75. The normalized spacial score (nSPS) is 11.3. The lowest BCUT2D eigenvalue weighted by atomic mass is 10.3. The molecular formula is C11H15FN2O4S. The Hall–Kier alpha value is -1.67. The average Bonchev–Trinajstić information content (AvgIpc) is 2.27. The second-order valence-electron chi connectivity index (χ2n) is 3.67. The van der Waals surface area contributed by atoms with Gasteiger partial charge in [0.15, 0.2) is 0 Å². The number of hydrogen-bond donors (Lipinski definition) is 2. The molecule has 0 saturated heterocycles. The van der Waals surface area contributed by atoms with Crippen molar-refractivity contribution in [2.75, 3.05) is 18.9 Å². The lowest BCUT2D eigenvalue weighted by molar-refractivity contribution is -0.142. The van der Waals surface area contributed by atoms with E-state index in [1.165, 1.54) is 0 Å². The van der Waals surface area contributed by atoms with Gasteiger partial charge in [-0.3, -0.25) is 4.79 Å². The van der Waals surface area contributed by atoms with Gasteiger partial charge in [0, 0.05) is 12.2 Å². The van der Waals surface area contributed by atoms with Gasteiger partial charge in [0.05, 0.1) is 17.9 Å². The molecule has 0 unspecified atom stereocenters. The molecule has 0 radical (unpaired) electrons. The monoisotopic (exact) mass is 290 g/mol. The maximum atomic E-state index is 13.1. The molecule has 1 rings (SSSR count). The van der Waals surface area contributed by atoms with Crippen LogP contribution in [-0.4, -0.2) is 27.5 Å². The van der Waals surface area contributed by atoms with Gasteiger partial charge in [0.25, 0.3) is 0 Å². The fourth-order valence-corrected chi connectivity index (χ4v) is 2.44. The Kier molecular flexibility index (Phi) is 5.25. The molecule has 106 valence electrons. The first-order valence-corrected chi connectivity index (χ1v) is 7.05. The summed E-state index contributed by atoms with van der Waals surface area (Å²) in [7, 11) is -3.89. The van der Waals surface area contributed by atoms with Gasteiger partial charge in [0.1, 0.15) is 5.82 Å². The molecule has 1 aromatic rings. The van der Waals surface area contributed by atoms with Crippen LogP contribution in [0.5, 0.6) is 0 Å². The molecule has 0 saturated carbocycles. The van der Waals surface area contributed by atoms with E-state index in [2.05, 4.69) is 9.46 Å². The fourth-order valence-electron chi connectivity index (χ4n) is 1.34. The largest absolute Gasteiger partial charge is 0.466 e. The number of hydrogen-bond acceptors (Lipinski definition) is 5. The number of benzene rings is 1. The molecule has 0 aromatic heterocycles. The third-order valence-corrected chi connectivity index (χ3v) is 3.57. The lowest BCUT2D eigenvalue weighted by Crippen LogP contribution is -2.27. The van der Waals surface area contributed by atoms with Crippen molar-refractivity contribution in [3.8, 4) is 0 Å². The maximum Gasteiger partial charge on any atom is 0.307 e. The summed E-state index contributed by atoms with van der Waals surface area (Å²) in [5, 5.41) is 0. The minimum Gasteiger partial charge on any atom is -0.466 e. The topological polar surface area (TPSA) is 98.5 Å². The summed E-state index contributed by atoms with van der Waals surface area (Å²) in [6, 6.07) is 3.00. The van der Waals surface area contributed by atoms with E-state index in [1.807, 2.05) is 0 Å². The molecule has 3 N–H and O–H groups in total. The highest BCUT2D eigenvalue weighted by Crippen LogP contribution is 2.15. The van der Waals surface area contributed by atoms with Crippen LogP contribution in [-0.2, 0) is 19.6 Å². The molecule has 0 aliphatic rings. The molecule has 6 nitrogen and oxygen atoms in total. The zero-order valence-corrected chi connectivity index (χ0v) is 11.2. The first-order valence-electron chi connectivity index (χ1n) is 5.56. The lowest BCUT2D eigenvalue weighted by Gasteiger charge is -2.07. The summed E-state index contributed by atoms with van der Waals surface area (Å²) in [5.41, 5.74) is 5.37. The van der Waals surface area contributed by atoms with Crippen LogP contribution >= 0.6 is 0 Å². The van der Waals surface area contributed by atoms with E-state index < -0.39 is 21.8 Å². The summed E-state index contributed by atoms with van der Waals surface area (Å²) in [5.74, 6) is -1.25. The van der Waals surface area contributed by atoms with Crippen LogP contribution < -0.4 is 10.5 Å². The number of nitrogens with one attached hydrogen (secondary N) is 1. The molecule has 0 amide bonds. The first-order chi connectivity index (χ1) is 8.85. The predicted molar refractivity (Wildman–Crippen MR) is 67.3 cm³/mol. The van der Waals surface area contributed by atoms with Crippen molar-refractivity contribution in [3.63, 3.8) is 0 Å². The van der Waals surface area contributed by atoms with Gasteiger partial charge < -0.3 is 10.5 Å². The SMILES string of the molecule is CCOC(=O)CCNS(=O)(=O)c1cc(N)cc(F)c1. The molecule has 0 heterocycles. The molecule has 0 spiro atoms. The number of sulfonamides is 1. The zero-order chi connectivity index (χ0) is 14.5. The number of esters is 1. The number of anilines is 1. The van der Waals surface area contributed by atoms with E-state index >= 15 is 0 Å². The highest BCUT2D eigenvalue weighted by molar-refractivity contribution is 7.89. The fraction of sp³-hybridized carbons (Fsp3) is 0.364. The molecule has 8 heteroatoms. The van der Waals surface area contributed by atoms with Crippen molar-refractivity contribution in [1.29, 1.82) is 0 Å². The Balaban J connectivity index is 2.68. The van der Waals surface area contributed by atoms with Crippen LogP contribution in [0.15, 0.2) is 23.1 Å². The van der Waals surface area contributed by atoms with E-state index in [0.717, 1.165) is 18.2 Å². The van der Waals surface area contributed by atoms with Gasteiger partial charge in [-0.2, -0.15) is 0 Å². The third kappa shape index (κ3) is 4.84. The molecule has 19 heavy (non-hydrogen) atoms. The van der Waals surface area contributed by atoms with Crippen LogP contribution in [0.2, 0.25) is 0 Å². The number of ether oxygens (including phenoxy) is 1. The number of rotatable bonds is 6. The van der Waals surface area contributed by atoms with Crippen molar-refractivity contribution >= 4 is 21.7 Å². The summed E-state index contributed by atoms with van der Waals surface area (Å²) in [4.78, 5) is 10.8. The van der Waals surface area contributed by atoms with Crippen LogP contribution in [0.3, 0.4) is 0 Å². The van der Waals surface area contributed by atoms with E-state index in [9.17, 15) is 17.6 Å². The van der Waals surface area contributed by atoms with E-state index in [0.29, 0.717) is 0 Å². The smallest absolute Gasteiger partial charge is 0.307 e. The Morgan fingerprint density at radius 2 is 2.11 bits per heavy atom. The number of nitrogens with two attached hydrogens (primary N) is 1. The standard InChI is InChI=1S/C11H15FN2O4S/c1-2-18-11(15)3-4-14-19(16,17)10-6-8(12)5-9(13)7-10/h5-7,14H,2-4,13H2,1H3. The second-order valence-corrected chi connectivity index (χ2v) is 5.44. The summed E-state index contributed by atoms with van der Waals surface area (Å²) in [6.07, 6.45) is -0.0993. The molecule has 0 fully saturated rings. The molecular weight excluding hydrogens is 275 g/mol. The van der Waals surface area contributed by atoms with Gasteiger partial charge in [-0.25, -0.2) is 17.5 Å². The van der Waals surface area contributed by atoms with Crippen molar-refractivity contribution in [3.05, 3.63) is 24.0 Å². The molecule has 0 aliphatic heterocycles. The molecule has 1 aromatic carbocycles. The van der Waals surface area contributed by atoms with Gasteiger partial charge in [-0.05, 0) is 25.1 Å². The molecule has 0 aliphatic carbocycles. The minimum absolute atomic E-state index is 0.00534. The van der Waals surface area contributed by atoms with Gasteiger partial charge in [0.2, 0.25) is 10.0 Å². The molecule has 0 atom stereocenters. The highest BCUT2D eigenvalue weighted by Gasteiger charge is 2.16. The van der Waals surface area contributed by atoms with E-state index in [1.54, 1.807) is 6.92 Å². The number of carbonyl (C=O) groups excluding carboxylic acids is 1. The van der Waals surface area contributed by atoms with Crippen molar-refractivity contribution < 1.29 is 22.3 Å².